The second-order valence-electron chi connectivity index (χ2n) is 6.23. The van der Waals surface area contributed by atoms with E-state index in [-0.39, 0.29) is 12.0 Å². The zero-order valence-corrected chi connectivity index (χ0v) is 13.6. The normalized spacial score (nSPS) is 26.0. The molecule has 1 aromatic rings. The maximum Gasteiger partial charge on any atom is 0.326 e. The second-order valence-corrected chi connectivity index (χ2v) is 6.23. The van der Waals surface area contributed by atoms with Gasteiger partial charge in [-0.1, -0.05) is 0 Å². The average Bonchev–Trinajstić information content (AvgIpc) is 2.85. The number of carbonyl (C=O) groups is 1. The van der Waals surface area contributed by atoms with E-state index in [0.717, 1.165) is 31.5 Å². The van der Waals surface area contributed by atoms with Crippen molar-refractivity contribution in [1.82, 2.24) is 14.9 Å². The monoisotopic (exact) mass is 293 g/mol. The van der Waals surface area contributed by atoms with Gasteiger partial charge in [-0.15, -0.1) is 0 Å². The number of hydrogen-bond acceptors (Lipinski definition) is 4. The van der Waals surface area contributed by atoms with Crippen molar-refractivity contribution in [2.24, 2.45) is 0 Å². The van der Waals surface area contributed by atoms with Gasteiger partial charge in [-0.25, -0.2) is 4.98 Å². The first kappa shape index (κ1) is 16.0. The Hall–Kier alpha value is -1.36. The number of rotatable bonds is 5. The number of aromatic nitrogens is 2. The molecule has 0 aliphatic heterocycles. The van der Waals surface area contributed by atoms with Gasteiger partial charge in [0.2, 0.25) is 0 Å². The van der Waals surface area contributed by atoms with Crippen LogP contribution in [0.5, 0.6) is 0 Å². The standard InChI is InChI=1S/C16H27N3O2/c1-5-21-15(20)16(18-12(2)3)8-6-7-14(11-16)19-10-9-17-13(19)4/h9-10,12,14,18H,5-8,11H2,1-4H3. The Morgan fingerprint density at radius 1 is 1.62 bits per heavy atom. The summed E-state index contributed by atoms with van der Waals surface area (Å²) in [6.45, 7) is 8.45. The van der Waals surface area contributed by atoms with Crippen molar-refractivity contribution < 1.29 is 9.53 Å². The van der Waals surface area contributed by atoms with Crippen molar-refractivity contribution in [1.29, 1.82) is 0 Å². The highest BCUT2D eigenvalue weighted by Gasteiger charge is 2.44. The quantitative estimate of drug-likeness (QED) is 0.848. The van der Waals surface area contributed by atoms with Crippen LogP contribution in [0, 0.1) is 6.92 Å². The molecule has 0 spiro atoms. The number of ether oxygens (including phenoxy) is 1. The fourth-order valence-corrected chi connectivity index (χ4v) is 3.45. The van der Waals surface area contributed by atoms with Crippen molar-refractivity contribution in [3.05, 3.63) is 18.2 Å². The highest BCUT2D eigenvalue weighted by molar-refractivity contribution is 5.81. The van der Waals surface area contributed by atoms with E-state index in [9.17, 15) is 4.79 Å². The van der Waals surface area contributed by atoms with Gasteiger partial charge in [0.05, 0.1) is 6.61 Å². The Kier molecular flexibility index (Phi) is 5.04. The number of imidazole rings is 1. The van der Waals surface area contributed by atoms with E-state index in [1.807, 2.05) is 26.2 Å². The van der Waals surface area contributed by atoms with E-state index >= 15 is 0 Å². The van der Waals surface area contributed by atoms with Crippen LogP contribution in [0.4, 0.5) is 0 Å². The van der Waals surface area contributed by atoms with Gasteiger partial charge in [-0.05, 0) is 53.4 Å². The number of aryl methyl sites for hydroxylation is 1. The maximum atomic E-state index is 12.5. The van der Waals surface area contributed by atoms with E-state index in [2.05, 4.69) is 28.7 Å². The van der Waals surface area contributed by atoms with E-state index < -0.39 is 5.54 Å². The topological polar surface area (TPSA) is 56.1 Å². The molecule has 1 aliphatic rings. The smallest absolute Gasteiger partial charge is 0.326 e. The van der Waals surface area contributed by atoms with Crippen LogP contribution in [0.25, 0.3) is 0 Å². The fourth-order valence-electron chi connectivity index (χ4n) is 3.45. The summed E-state index contributed by atoms with van der Waals surface area (Å²) in [5.41, 5.74) is -0.566. The van der Waals surface area contributed by atoms with Gasteiger partial charge in [-0.2, -0.15) is 0 Å². The summed E-state index contributed by atoms with van der Waals surface area (Å²) < 4.78 is 7.54. The first-order valence-electron chi connectivity index (χ1n) is 7.93. The van der Waals surface area contributed by atoms with Crippen molar-refractivity contribution in [3.8, 4) is 0 Å². The molecule has 21 heavy (non-hydrogen) atoms. The zero-order valence-electron chi connectivity index (χ0n) is 13.6. The van der Waals surface area contributed by atoms with Gasteiger partial charge in [-0.3, -0.25) is 10.1 Å². The lowest BCUT2D eigenvalue weighted by atomic mass is 9.78. The highest BCUT2D eigenvalue weighted by atomic mass is 16.5. The van der Waals surface area contributed by atoms with Crippen molar-refractivity contribution in [2.45, 2.75) is 71.0 Å². The molecule has 2 atom stereocenters. The molecule has 0 radical (unpaired) electrons. The lowest BCUT2D eigenvalue weighted by Gasteiger charge is -2.41. The Morgan fingerprint density at radius 2 is 2.38 bits per heavy atom. The number of nitrogens with zero attached hydrogens (tertiary/aromatic N) is 2. The molecule has 5 heteroatoms. The number of carbonyl (C=O) groups excluding carboxylic acids is 1. The first-order chi connectivity index (χ1) is 9.98. The summed E-state index contributed by atoms with van der Waals surface area (Å²) in [5.74, 6) is 0.894. The van der Waals surface area contributed by atoms with Crippen LogP contribution in [0.1, 0.15) is 58.3 Å². The maximum absolute atomic E-state index is 12.5. The van der Waals surface area contributed by atoms with Crippen molar-refractivity contribution >= 4 is 5.97 Å². The summed E-state index contributed by atoms with van der Waals surface area (Å²) in [5, 5.41) is 3.48. The SMILES string of the molecule is CCOC(=O)C1(NC(C)C)CCCC(n2ccnc2C)C1. The van der Waals surface area contributed by atoms with E-state index in [1.165, 1.54) is 0 Å². The summed E-state index contributed by atoms with van der Waals surface area (Å²) in [6.07, 6.45) is 7.54. The molecule has 1 aromatic heterocycles. The minimum atomic E-state index is -0.566. The van der Waals surface area contributed by atoms with Crippen LogP contribution >= 0.6 is 0 Å². The van der Waals surface area contributed by atoms with Gasteiger partial charge in [0.25, 0.3) is 0 Å². The Balaban J connectivity index is 2.24. The molecule has 2 unspecified atom stereocenters. The van der Waals surface area contributed by atoms with Gasteiger partial charge in [0, 0.05) is 24.5 Å². The molecule has 1 saturated carbocycles. The fraction of sp³-hybridized carbons (Fsp3) is 0.750. The van der Waals surface area contributed by atoms with E-state index in [4.69, 9.17) is 4.74 Å². The minimum Gasteiger partial charge on any atom is -0.465 e. The minimum absolute atomic E-state index is 0.110. The van der Waals surface area contributed by atoms with Gasteiger partial charge in [0.15, 0.2) is 0 Å². The molecular formula is C16H27N3O2. The van der Waals surface area contributed by atoms with Gasteiger partial charge < -0.3 is 9.30 Å². The van der Waals surface area contributed by atoms with Crippen LogP contribution in [-0.2, 0) is 9.53 Å². The van der Waals surface area contributed by atoms with Crippen LogP contribution in [0.3, 0.4) is 0 Å². The molecule has 0 aromatic carbocycles. The summed E-state index contributed by atoms with van der Waals surface area (Å²) >= 11 is 0. The Bertz CT molecular complexity index is 484. The zero-order chi connectivity index (χ0) is 15.5. The molecule has 0 amide bonds. The molecule has 1 N–H and O–H groups in total. The Morgan fingerprint density at radius 3 is 2.95 bits per heavy atom. The molecular weight excluding hydrogens is 266 g/mol. The van der Waals surface area contributed by atoms with Crippen LogP contribution < -0.4 is 5.32 Å². The summed E-state index contributed by atoms with van der Waals surface area (Å²) in [6, 6.07) is 0.550. The third kappa shape index (κ3) is 3.46. The van der Waals surface area contributed by atoms with Crippen molar-refractivity contribution in [3.63, 3.8) is 0 Å². The largest absolute Gasteiger partial charge is 0.465 e. The number of esters is 1. The van der Waals surface area contributed by atoms with E-state index in [0.29, 0.717) is 12.6 Å². The third-order valence-corrected chi connectivity index (χ3v) is 4.21. The average molecular weight is 293 g/mol. The molecule has 118 valence electrons. The van der Waals surface area contributed by atoms with Crippen LogP contribution in [0.15, 0.2) is 12.4 Å². The Labute approximate surface area is 127 Å². The molecule has 2 rings (SSSR count). The lowest BCUT2D eigenvalue weighted by Crippen LogP contribution is -2.58. The molecule has 1 fully saturated rings. The van der Waals surface area contributed by atoms with Crippen LogP contribution in [-0.4, -0.2) is 33.7 Å². The third-order valence-electron chi connectivity index (χ3n) is 4.21. The summed E-state index contributed by atoms with van der Waals surface area (Å²) in [4.78, 5) is 16.9. The predicted molar refractivity (Wildman–Crippen MR) is 82.1 cm³/mol. The molecule has 5 nitrogen and oxygen atoms in total. The summed E-state index contributed by atoms with van der Waals surface area (Å²) in [7, 11) is 0. The molecule has 0 bridgehead atoms. The predicted octanol–water partition coefficient (Wildman–Crippen LogP) is 2.61. The van der Waals surface area contributed by atoms with Gasteiger partial charge >= 0.3 is 5.97 Å². The molecule has 1 heterocycles. The van der Waals surface area contributed by atoms with Gasteiger partial charge in [0.1, 0.15) is 11.4 Å². The highest BCUT2D eigenvalue weighted by Crippen LogP contribution is 2.37. The van der Waals surface area contributed by atoms with E-state index in [1.54, 1.807) is 0 Å². The van der Waals surface area contributed by atoms with Crippen molar-refractivity contribution in [2.75, 3.05) is 6.61 Å². The second kappa shape index (κ2) is 6.60. The lowest BCUT2D eigenvalue weighted by molar-refractivity contribution is -0.154. The molecule has 1 aliphatic carbocycles. The first-order valence-corrected chi connectivity index (χ1v) is 7.93. The molecule has 0 saturated heterocycles. The van der Waals surface area contributed by atoms with Crippen LogP contribution in [0.2, 0.25) is 0 Å². The number of hydrogen-bond donors (Lipinski definition) is 1. The number of nitrogens with one attached hydrogen (secondary N) is 1.